The number of halogens is 3. The first-order valence-corrected chi connectivity index (χ1v) is 15.3. The molecular weight excluding hydrogens is 576 g/mol. The molecule has 0 saturated heterocycles. The number of benzene rings is 3. The summed E-state index contributed by atoms with van der Waals surface area (Å²) in [4.78, 5) is 29.0. The quantitative estimate of drug-likeness (QED) is 0.296. The minimum atomic E-state index is -4.01. The van der Waals surface area contributed by atoms with Crippen molar-refractivity contribution >= 4 is 50.7 Å². The largest absolute Gasteiger partial charge is 0.352 e. The second-order valence-electron chi connectivity index (χ2n) is 9.50. The standard InChI is InChI=1S/C29H32Cl2FN3O4S/c1-4-20(2)33-29(37)27(16-21-10-6-5-7-11-21)34(18-22-12-8-9-13-24(22)30)28(36)19-35(40(3,38)39)23-14-15-26(32)25(31)17-23/h5-15,17,20,27H,4,16,18-19H2,1-3H3,(H,33,37)/t20-,27+/m0/s1. The fourth-order valence-electron chi connectivity index (χ4n) is 4.06. The average molecular weight is 609 g/mol. The van der Waals surface area contributed by atoms with E-state index in [-0.39, 0.29) is 35.6 Å². The minimum absolute atomic E-state index is 0.0172. The molecule has 3 aromatic carbocycles. The van der Waals surface area contributed by atoms with Gasteiger partial charge in [-0.1, -0.05) is 78.7 Å². The Morgan fingerprint density at radius 3 is 2.23 bits per heavy atom. The molecule has 0 aromatic heterocycles. The molecule has 2 atom stereocenters. The third kappa shape index (κ3) is 8.43. The van der Waals surface area contributed by atoms with E-state index >= 15 is 0 Å². The number of nitrogens with zero attached hydrogens (tertiary/aromatic N) is 2. The molecule has 40 heavy (non-hydrogen) atoms. The van der Waals surface area contributed by atoms with Crippen LogP contribution in [0.25, 0.3) is 0 Å². The number of carbonyl (C=O) groups is 2. The number of anilines is 1. The van der Waals surface area contributed by atoms with Gasteiger partial charge in [0.05, 0.1) is 17.0 Å². The summed E-state index contributed by atoms with van der Waals surface area (Å²) in [6.07, 6.45) is 1.79. The van der Waals surface area contributed by atoms with Crippen molar-refractivity contribution in [3.63, 3.8) is 0 Å². The molecule has 0 aliphatic carbocycles. The van der Waals surface area contributed by atoms with Crippen molar-refractivity contribution in [1.29, 1.82) is 0 Å². The van der Waals surface area contributed by atoms with Crippen molar-refractivity contribution in [3.05, 3.63) is 99.8 Å². The summed E-state index contributed by atoms with van der Waals surface area (Å²) in [5, 5.41) is 3.06. The van der Waals surface area contributed by atoms with Gasteiger partial charge in [-0.05, 0) is 48.7 Å². The Hall–Kier alpha value is -3.14. The fraction of sp³-hybridized carbons (Fsp3) is 0.310. The first kappa shape index (κ1) is 31.4. The fourth-order valence-corrected chi connectivity index (χ4v) is 5.27. The highest BCUT2D eigenvalue weighted by Gasteiger charge is 2.33. The van der Waals surface area contributed by atoms with Crippen LogP contribution in [-0.4, -0.2) is 50.0 Å². The zero-order valence-electron chi connectivity index (χ0n) is 22.5. The first-order chi connectivity index (χ1) is 18.9. The van der Waals surface area contributed by atoms with Gasteiger partial charge in [-0.2, -0.15) is 0 Å². The number of amides is 2. The van der Waals surface area contributed by atoms with E-state index in [4.69, 9.17) is 23.2 Å². The van der Waals surface area contributed by atoms with Crippen molar-refractivity contribution in [2.24, 2.45) is 0 Å². The molecule has 0 aliphatic heterocycles. The maximum absolute atomic E-state index is 14.0. The Morgan fingerprint density at radius 1 is 0.975 bits per heavy atom. The Labute approximate surface area is 244 Å². The number of hydrogen-bond acceptors (Lipinski definition) is 4. The Bertz CT molecular complexity index is 1440. The zero-order valence-corrected chi connectivity index (χ0v) is 24.8. The molecule has 0 radical (unpaired) electrons. The lowest BCUT2D eigenvalue weighted by Crippen LogP contribution is -2.54. The summed E-state index contributed by atoms with van der Waals surface area (Å²) in [6.45, 7) is 3.10. The van der Waals surface area contributed by atoms with E-state index in [1.165, 1.54) is 11.0 Å². The Balaban J connectivity index is 2.08. The number of hydrogen-bond donors (Lipinski definition) is 1. The van der Waals surface area contributed by atoms with Gasteiger partial charge in [0.25, 0.3) is 0 Å². The van der Waals surface area contributed by atoms with E-state index in [0.29, 0.717) is 17.0 Å². The van der Waals surface area contributed by atoms with Gasteiger partial charge in [-0.25, -0.2) is 12.8 Å². The maximum atomic E-state index is 14.0. The molecule has 0 aliphatic rings. The van der Waals surface area contributed by atoms with Gasteiger partial charge in [0, 0.05) is 24.0 Å². The third-order valence-corrected chi connectivity index (χ3v) is 8.24. The monoisotopic (exact) mass is 607 g/mol. The molecule has 0 bridgehead atoms. The van der Waals surface area contributed by atoms with E-state index in [0.717, 1.165) is 28.3 Å². The van der Waals surface area contributed by atoms with Crippen LogP contribution in [0.15, 0.2) is 72.8 Å². The molecule has 11 heteroatoms. The number of carbonyl (C=O) groups excluding carboxylic acids is 2. The molecule has 214 valence electrons. The minimum Gasteiger partial charge on any atom is -0.352 e. The van der Waals surface area contributed by atoms with E-state index in [2.05, 4.69) is 5.32 Å². The third-order valence-electron chi connectivity index (χ3n) is 6.44. The zero-order chi connectivity index (χ0) is 29.4. The van der Waals surface area contributed by atoms with Gasteiger partial charge in [-0.15, -0.1) is 0 Å². The second-order valence-corrected chi connectivity index (χ2v) is 12.2. The van der Waals surface area contributed by atoms with Gasteiger partial charge < -0.3 is 10.2 Å². The van der Waals surface area contributed by atoms with E-state index < -0.39 is 34.3 Å². The van der Waals surface area contributed by atoms with Crippen LogP contribution in [0.3, 0.4) is 0 Å². The number of sulfonamides is 1. The van der Waals surface area contributed by atoms with Crippen molar-refractivity contribution < 1.29 is 22.4 Å². The van der Waals surface area contributed by atoms with Crippen molar-refractivity contribution in [3.8, 4) is 0 Å². The molecule has 1 N–H and O–H groups in total. The number of rotatable bonds is 12. The van der Waals surface area contributed by atoms with Crippen LogP contribution in [0.1, 0.15) is 31.4 Å². The van der Waals surface area contributed by atoms with Crippen LogP contribution in [0.2, 0.25) is 10.0 Å². The van der Waals surface area contributed by atoms with Gasteiger partial charge >= 0.3 is 0 Å². The Kier molecular flexibility index (Phi) is 11.0. The molecular formula is C29H32Cl2FN3O4S. The van der Waals surface area contributed by atoms with Crippen molar-refractivity contribution in [2.75, 3.05) is 17.1 Å². The average Bonchev–Trinajstić information content (AvgIpc) is 2.91. The van der Waals surface area contributed by atoms with Crippen LogP contribution >= 0.6 is 23.2 Å². The molecule has 0 unspecified atom stereocenters. The molecule has 2 amide bonds. The van der Waals surface area contributed by atoms with Gasteiger partial charge in [0.2, 0.25) is 21.8 Å². The highest BCUT2D eigenvalue weighted by atomic mass is 35.5. The Morgan fingerprint density at radius 2 is 1.62 bits per heavy atom. The maximum Gasteiger partial charge on any atom is 0.244 e. The van der Waals surface area contributed by atoms with Gasteiger partial charge in [-0.3, -0.25) is 13.9 Å². The van der Waals surface area contributed by atoms with Crippen molar-refractivity contribution in [2.45, 2.75) is 45.3 Å². The summed E-state index contributed by atoms with van der Waals surface area (Å²) in [5.41, 5.74) is 1.42. The predicted octanol–water partition coefficient (Wildman–Crippen LogP) is 5.45. The normalized spacial score (nSPS) is 12.8. The van der Waals surface area contributed by atoms with Crippen molar-refractivity contribution in [1.82, 2.24) is 10.2 Å². The SMILES string of the molecule is CC[C@H](C)NC(=O)[C@@H](Cc1ccccc1)N(Cc1ccccc1Cl)C(=O)CN(c1ccc(F)c(Cl)c1)S(C)(=O)=O. The summed E-state index contributed by atoms with van der Waals surface area (Å²) in [6, 6.07) is 18.4. The van der Waals surface area contributed by atoms with Crippen LogP contribution < -0.4 is 9.62 Å². The van der Waals surface area contributed by atoms with Crippen LogP contribution in [-0.2, 0) is 32.6 Å². The van der Waals surface area contributed by atoms with Crippen LogP contribution in [0.4, 0.5) is 10.1 Å². The first-order valence-electron chi connectivity index (χ1n) is 12.7. The van der Waals surface area contributed by atoms with Gasteiger partial charge in [0.15, 0.2) is 0 Å². The number of nitrogens with one attached hydrogen (secondary N) is 1. The highest BCUT2D eigenvalue weighted by Crippen LogP contribution is 2.26. The van der Waals surface area contributed by atoms with Crippen LogP contribution in [0.5, 0.6) is 0 Å². The molecule has 0 heterocycles. The highest BCUT2D eigenvalue weighted by molar-refractivity contribution is 7.92. The summed E-state index contributed by atoms with van der Waals surface area (Å²) < 4.78 is 40.3. The van der Waals surface area contributed by atoms with Gasteiger partial charge in [0.1, 0.15) is 18.4 Å². The van der Waals surface area contributed by atoms with Crippen LogP contribution in [0, 0.1) is 5.82 Å². The van der Waals surface area contributed by atoms with E-state index in [1.54, 1.807) is 24.3 Å². The molecule has 3 rings (SSSR count). The summed E-state index contributed by atoms with van der Waals surface area (Å²) in [7, 11) is -4.01. The molecule has 3 aromatic rings. The lowest BCUT2D eigenvalue weighted by Gasteiger charge is -2.34. The molecule has 0 fully saturated rings. The molecule has 7 nitrogen and oxygen atoms in total. The smallest absolute Gasteiger partial charge is 0.244 e. The topological polar surface area (TPSA) is 86.8 Å². The second kappa shape index (κ2) is 14.0. The van der Waals surface area contributed by atoms with E-state index in [9.17, 15) is 22.4 Å². The predicted molar refractivity (Wildman–Crippen MR) is 157 cm³/mol. The van der Waals surface area contributed by atoms with E-state index in [1.807, 2.05) is 44.2 Å². The molecule has 0 spiro atoms. The lowest BCUT2D eigenvalue weighted by molar-refractivity contribution is -0.140. The lowest BCUT2D eigenvalue weighted by atomic mass is 10.0. The summed E-state index contributed by atoms with van der Waals surface area (Å²) in [5.74, 6) is -1.75. The summed E-state index contributed by atoms with van der Waals surface area (Å²) >= 11 is 12.4. The molecule has 0 saturated carbocycles.